The maximum atomic E-state index is 13.2. The predicted octanol–water partition coefficient (Wildman–Crippen LogP) is 2.28. The van der Waals surface area contributed by atoms with Gasteiger partial charge < -0.3 is 5.11 Å². The third-order valence-electron chi connectivity index (χ3n) is 2.71. The Labute approximate surface area is 120 Å². The van der Waals surface area contributed by atoms with Crippen LogP contribution in [0.5, 0.6) is 0 Å². The van der Waals surface area contributed by atoms with Gasteiger partial charge in [-0.15, -0.1) is 0 Å². The van der Waals surface area contributed by atoms with E-state index < -0.39 is 46.1 Å². The fourth-order valence-corrected chi connectivity index (χ4v) is 3.36. The van der Waals surface area contributed by atoms with Crippen molar-refractivity contribution < 1.29 is 31.1 Å². The number of aliphatic hydroxyl groups excluding tert-OH is 1. The molecule has 21 heavy (non-hydrogen) atoms. The van der Waals surface area contributed by atoms with E-state index in [4.69, 9.17) is 5.11 Å². The van der Waals surface area contributed by atoms with E-state index in [9.17, 15) is 26.0 Å². The molecular formula is C12H15F4NO3S. The van der Waals surface area contributed by atoms with E-state index in [0.717, 1.165) is 18.2 Å². The molecule has 0 aliphatic heterocycles. The molecule has 0 aromatic heterocycles. The first kappa shape index (κ1) is 17.9. The fraction of sp³-hybridized carbons (Fsp3) is 0.500. The van der Waals surface area contributed by atoms with Crippen LogP contribution in [0.3, 0.4) is 0 Å². The van der Waals surface area contributed by atoms with E-state index in [1.165, 1.54) is 13.8 Å². The minimum absolute atomic E-state index is 0.279. The van der Waals surface area contributed by atoms with E-state index in [2.05, 4.69) is 0 Å². The normalized spacial score (nSPS) is 13.2. The van der Waals surface area contributed by atoms with Crippen molar-refractivity contribution in [2.75, 3.05) is 6.54 Å². The van der Waals surface area contributed by atoms with Gasteiger partial charge in [0, 0.05) is 11.6 Å². The van der Waals surface area contributed by atoms with Crippen LogP contribution in [0.2, 0.25) is 0 Å². The molecule has 1 aromatic carbocycles. The third kappa shape index (κ3) is 4.39. The lowest BCUT2D eigenvalue weighted by Crippen LogP contribution is -2.43. The molecule has 1 rings (SSSR count). The summed E-state index contributed by atoms with van der Waals surface area (Å²) >= 11 is 0. The van der Waals surface area contributed by atoms with Gasteiger partial charge in [-0.25, -0.2) is 12.8 Å². The zero-order valence-electron chi connectivity index (χ0n) is 11.4. The van der Waals surface area contributed by atoms with Crippen molar-refractivity contribution in [3.63, 3.8) is 0 Å². The highest BCUT2D eigenvalue weighted by Crippen LogP contribution is 2.25. The summed E-state index contributed by atoms with van der Waals surface area (Å²) in [6.07, 6.45) is -4.70. The molecule has 120 valence electrons. The molecule has 0 amide bonds. The van der Waals surface area contributed by atoms with Gasteiger partial charge >= 0.3 is 6.18 Å². The summed E-state index contributed by atoms with van der Waals surface area (Å²) in [6.45, 7) is 0.217. The van der Waals surface area contributed by atoms with Gasteiger partial charge in [0.2, 0.25) is 10.0 Å². The molecule has 0 fully saturated rings. The molecule has 0 aliphatic carbocycles. The van der Waals surface area contributed by atoms with Crippen LogP contribution in [0.25, 0.3) is 0 Å². The van der Waals surface area contributed by atoms with Crippen molar-refractivity contribution in [1.29, 1.82) is 0 Å². The van der Waals surface area contributed by atoms with Crippen LogP contribution in [-0.4, -0.2) is 36.6 Å². The number of aliphatic hydroxyl groups is 1. The Morgan fingerprint density at radius 3 is 2.29 bits per heavy atom. The van der Waals surface area contributed by atoms with Crippen molar-refractivity contribution in [2.24, 2.45) is 0 Å². The Hall–Kier alpha value is -1.19. The highest BCUT2D eigenvalue weighted by molar-refractivity contribution is 7.89. The predicted molar refractivity (Wildman–Crippen MR) is 67.4 cm³/mol. The topological polar surface area (TPSA) is 57.6 Å². The standard InChI is InChI=1S/C12H15F4NO3S/c1-8(2)17(7-12(14,15)16)21(19,20)10-3-4-11(13)9(5-10)6-18/h3-5,8,18H,6-7H2,1-2H3. The molecule has 0 spiro atoms. The molecule has 1 aromatic rings. The molecule has 0 unspecified atom stereocenters. The number of alkyl halides is 3. The Kier molecular flexibility index (Phi) is 5.35. The minimum atomic E-state index is -4.70. The van der Waals surface area contributed by atoms with Crippen LogP contribution in [-0.2, 0) is 16.6 Å². The average Bonchev–Trinajstić information content (AvgIpc) is 2.34. The van der Waals surface area contributed by atoms with Crippen LogP contribution >= 0.6 is 0 Å². The molecule has 0 saturated carbocycles. The molecule has 0 radical (unpaired) electrons. The Morgan fingerprint density at radius 2 is 1.86 bits per heavy atom. The minimum Gasteiger partial charge on any atom is -0.392 e. The summed E-state index contributed by atoms with van der Waals surface area (Å²) in [5.74, 6) is -0.830. The summed E-state index contributed by atoms with van der Waals surface area (Å²) in [5.41, 5.74) is -0.299. The number of sulfonamides is 1. The van der Waals surface area contributed by atoms with E-state index >= 15 is 0 Å². The number of hydrogen-bond donors (Lipinski definition) is 1. The first-order valence-electron chi connectivity index (χ1n) is 5.97. The van der Waals surface area contributed by atoms with Crippen molar-refractivity contribution in [2.45, 2.75) is 37.6 Å². The smallest absolute Gasteiger partial charge is 0.392 e. The Balaban J connectivity index is 3.29. The van der Waals surface area contributed by atoms with Crippen LogP contribution < -0.4 is 0 Å². The molecule has 0 atom stereocenters. The first-order chi connectivity index (χ1) is 9.49. The first-order valence-corrected chi connectivity index (χ1v) is 7.41. The van der Waals surface area contributed by atoms with Gasteiger partial charge in [0.25, 0.3) is 0 Å². The van der Waals surface area contributed by atoms with Crippen LogP contribution in [0.1, 0.15) is 19.4 Å². The molecule has 0 bridgehead atoms. The van der Waals surface area contributed by atoms with E-state index in [1.807, 2.05) is 0 Å². The SMILES string of the molecule is CC(C)N(CC(F)(F)F)S(=O)(=O)c1ccc(F)c(CO)c1. The number of halogens is 4. The van der Waals surface area contributed by atoms with Gasteiger partial charge in [0.15, 0.2) is 0 Å². The van der Waals surface area contributed by atoms with E-state index in [1.54, 1.807) is 0 Å². The number of rotatable bonds is 5. The zero-order valence-corrected chi connectivity index (χ0v) is 12.2. The summed E-state index contributed by atoms with van der Waals surface area (Å²) in [4.78, 5) is -0.495. The summed E-state index contributed by atoms with van der Waals surface area (Å²) < 4.78 is 75.6. The highest BCUT2D eigenvalue weighted by Gasteiger charge is 2.38. The van der Waals surface area contributed by atoms with Gasteiger partial charge in [0.05, 0.1) is 11.5 Å². The third-order valence-corrected chi connectivity index (χ3v) is 4.72. The monoisotopic (exact) mass is 329 g/mol. The van der Waals surface area contributed by atoms with Crippen molar-refractivity contribution in [3.05, 3.63) is 29.6 Å². The van der Waals surface area contributed by atoms with Gasteiger partial charge in [0.1, 0.15) is 12.4 Å². The molecule has 0 aliphatic rings. The lowest BCUT2D eigenvalue weighted by Gasteiger charge is -2.27. The second-order valence-electron chi connectivity index (χ2n) is 4.67. The molecule has 0 heterocycles. The van der Waals surface area contributed by atoms with Gasteiger partial charge in [-0.1, -0.05) is 0 Å². The number of hydrogen-bond acceptors (Lipinski definition) is 3. The van der Waals surface area contributed by atoms with E-state index in [-0.39, 0.29) is 9.87 Å². The van der Waals surface area contributed by atoms with Crippen molar-refractivity contribution >= 4 is 10.0 Å². The van der Waals surface area contributed by atoms with E-state index in [0.29, 0.717) is 0 Å². The van der Waals surface area contributed by atoms with Crippen molar-refractivity contribution in [3.8, 4) is 0 Å². The molecule has 9 heteroatoms. The molecule has 4 nitrogen and oxygen atoms in total. The number of nitrogens with zero attached hydrogens (tertiary/aromatic N) is 1. The summed E-state index contributed by atoms with van der Waals surface area (Å²) in [6, 6.07) is 1.57. The number of benzene rings is 1. The van der Waals surface area contributed by atoms with Gasteiger partial charge in [-0.2, -0.15) is 17.5 Å². The maximum Gasteiger partial charge on any atom is 0.402 e. The lowest BCUT2D eigenvalue weighted by atomic mass is 10.2. The second-order valence-corrected chi connectivity index (χ2v) is 6.56. The average molecular weight is 329 g/mol. The zero-order chi connectivity index (χ0) is 16.4. The van der Waals surface area contributed by atoms with Crippen LogP contribution in [0.15, 0.2) is 23.1 Å². The second kappa shape index (κ2) is 6.29. The Bertz CT molecular complexity index is 599. The van der Waals surface area contributed by atoms with Gasteiger partial charge in [-0.3, -0.25) is 0 Å². The lowest BCUT2D eigenvalue weighted by molar-refractivity contribution is -0.138. The van der Waals surface area contributed by atoms with Crippen LogP contribution in [0.4, 0.5) is 17.6 Å². The van der Waals surface area contributed by atoms with Gasteiger partial charge in [-0.05, 0) is 32.0 Å². The highest BCUT2D eigenvalue weighted by atomic mass is 32.2. The largest absolute Gasteiger partial charge is 0.402 e. The summed E-state index contributed by atoms with van der Waals surface area (Å²) in [5, 5.41) is 8.91. The summed E-state index contributed by atoms with van der Waals surface area (Å²) in [7, 11) is -4.45. The quantitative estimate of drug-likeness (QED) is 0.843. The maximum absolute atomic E-state index is 13.2. The van der Waals surface area contributed by atoms with Crippen molar-refractivity contribution in [1.82, 2.24) is 4.31 Å². The molecule has 0 saturated heterocycles. The molecular weight excluding hydrogens is 314 g/mol. The fourth-order valence-electron chi connectivity index (χ4n) is 1.69. The Morgan fingerprint density at radius 1 is 1.29 bits per heavy atom. The molecule has 1 N–H and O–H groups in total. The van der Waals surface area contributed by atoms with Crippen LogP contribution in [0, 0.1) is 5.82 Å².